The van der Waals surface area contributed by atoms with Gasteiger partial charge < -0.3 is 10.4 Å². The molecule has 0 bridgehead atoms. The maximum absolute atomic E-state index is 11.0. The minimum absolute atomic E-state index is 0.0147. The fraction of sp³-hybridized carbons (Fsp3) is 0.0370. The highest BCUT2D eigenvalue weighted by Crippen LogP contribution is 2.38. The van der Waals surface area contributed by atoms with Gasteiger partial charge in [-0.3, -0.25) is 4.79 Å². The number of hydrogen-bond donors (Lipinski definition) is 2. The van der Waals surface area contributed by atoms with Gasteiger partial charge in [-0.2, -0.15) is 0 Å². The summed E-state index contributed by atoms with van der Waals surface area (Å²) in [4.78, 5) is 24.7. The van der Waals surface area contributed by atoms with Gasteiger partial charge in [-0.05, 0) is 35.4 Å². The molecule has 35 heavy (non-hydrogen) atoms. The van der Waals surface area contributed by atoms with Crippen molar-refractivity contribution in [3.63, 3.8) is 0 Å². The lowest BCUT2D eigenvalue weighted by molar-refractivity contribution is -0.136. The Kier molecular flexibility index (Phi) is 5.44. The number of carbonyl (C=O) groups is 1. The number of nitrogens with zero attached hydrogens (tertiary/aromatic N) is 3. The SMILES string of the molecule is O=C(O)Cc1ccc(-c2csc3c(-c4ccc(Nc5nc6ccccc6s5)cc4)ncnc23)cc1. The van der Waals surface area contributed by atoms with E-state index in [0.29, 0.717) is 0 Å². The van der Waals surface area contributed by atoms with Crippen molar-refractivity contribution in [2.24, 2.45) is 0 Å². The number of benzene rings is 3. The van der Waals surface area contributed by atoms with Crippen molar-refractivity contribution < 1.29 is 9.90 Å². The van der Waals surface area contributed by atoms with Gasteiger partial charge in [0.05, 0.1) is 32.5 Å². The number of aliphatic carboxylic acids is 1. The summed E-state index contributed by atoms with van der Waals surface area (Å²) < 4.78 is 2.17. The van der Waals surface area contributed by atoms with E-state index >= 15 is 0 Å². The molecule has 0 radical (unpaired) electrons. The lowest BCUT2D eigenvalue weighted by Gasteiger charge is -2.06. The normalized spacial score (nSPS) is 11.2. The summed E-state index contributed by atoms with van der Waals surface area (Å²) in [6, 6.07) is 23.9. The lowest BCUT2D eigenvalue weighted by atomic mass is 10.0. The first-order chi connectivity index (χ1) is 17.1. The highest BCUT2D eigenvalue weighted by molar-refractivity contribution is 7.22. The lowest BCUT2D eigenvalue weighted by Crippen LogP contribution is -1.99. The molecule has 3 aromatic carbocycles. The summed E-state index contributed by atoms with van der Waals surface area (Å²) in [5.41, 5.74) is 7.54. The minimum atomic E-state index is -0.836. The summed E-state index contributed by atoms with van der Waals surface area (Å²) in [5, 5.41) is 15.3. The average molecular weight is 495 g/mol. The number of aromatic nitrogens is 3. The van der Waals surface area contributed by atoms with Gasteiger partial charge in [0.2, 0.25) is 0 Å². The van der Waals surface area contributed by atoms with Crippen molar-refractivity contribution in [3.05, 3.63) is 90.1 Å². The van der Waals surface area contributed by atoms with Gasteiger partial charge in [-0.15, -0.1) is 11.3 Å². The van der Waals surface area contributed by atoms with Crippen molar-refractivity contribution in [1.82, 2.24) is 15.0 Å². The van der Waals surface area contributed by atoms with E-state index < -0.39 is 5.97 Å². The maximum atomic E-state index is 11.0. The van der Waals surface area contributed by atoms with Crippen LogP contribution in [-0.4, -0.2) is 26.0 Å². The van der Waals surface area contributed by atoms with Crippen LogP contribution in [0.15, 0.2) is 84.5 Å². The van der Waals surface area contributed by atoms with Crippen LogP contribution in [0.3, 0.4) is 0 Å². The van der Waals surface area contributed by atoms with Crippen LogP contribution in [0.25, 0.3) is 42.8 Å². The molecule has 170 valence electrons. The number of fused-ring (bicyclic) bond motifs is 2. The molecule has 0 aliphatic heterocycles. The zero-order valence-corrected chi connectivity index (χ0v) is 19.9. The summed E-state index contributed by atoms with van der Waals surface area (Å²) in [7, 11) is 0. The molecule has 3 aromatic heterocycles. The molecular weight excluding hydrogens is 476 g/mol. The largest absolute Gasteiger partial charge is 0.481 e. The van der Waals surface area contributed by atoms with Crippen LogP contribution in [0.5, 0.6) is 0 Å². The average Bonchev–Trinajstić information content (AvgIpc) is 3.48. The quantitative estimate of drug-likeness (QED) is 0.259. The van der Waals surface area contributed by atoms with Gasteiger partial charge in [-0.1, -0.05) is 59.9 Å². The smallest absolute Gasteiger partial charge is 0.307 e. The Morgan fingerprint density at radius 1 is 0.914 bits per heavy atom. The first-order valence-corrected chi connectivity index (χ1v) is 12.6. The van der Waals surface area contributed by atoms with Crippen LogP contribution in [0.4, 0.5) is 10.8 Å². The monoisotopic (exact) mass is 494 g/mol. The van der Waals surface area contributed by atoms with Gasteiger partial charge in [0.25, 0.3) is 0 Å². The van der Waals surface area contributed by atoms with E-state index in [9.17, 15) is 4.79 Å². The third-order valence-corrected chi connectivity index (χ3v) is 7.61. The molecule has 6 aromatic rings. The molecule has 8 heteroatoms. The van der Waals surface area contributed by atoms with E-state index in [2.05, 4.69) is 43.8 Å². The van der Waals surface area contributed by atoms with Crippen LogP contribution >= 0.6 is 22.7 Å². The molecule has 0 aliphatic rings. The number of thiazole rings is 1. The first kappa shape index (κ1) is 21.4. The molecule has 0 aliphatic carbocycles. The highest BCUT2D eigenvalue weighted by atomic mass is 32.1. The zero-order chi connectivity index (χ0) is 23.8. The number of carboxylic acids is 1. The Morgan fingerprint density at radius 3 is 2.46 bits per heavy atom. The van der Waals surface area contributed by atoms with Crippen LogP contribution in [0.2, 0.25) is 0 Å². The standard InChI is InChI=1S/C27H18N4O2S2/c32-23(33)13-16-5-7-17(8-6-16)20-14-34-26-24(28-15-29-25(20)26)18-9-11-19(12-10-18)30-27-31-21-3-1-2-4-22(21)35-27/h1-12,14-15H,13H2,(H,30,31)(H,32,33). The Balaban J connectivity index is 1.28. The van der Waals surface area contributed by atoms with E-state index in [4.69, 9.17) is 5.11 Å². The van der Waals surface area contributed by atoms with Crippen LogP contribution < -0.4 is 5.32 Å². The maximum Gasteiger partial charge on any atom is 0.307 e. The molecule has 3 heterocycles. The second kappa shape index (κ2) is 8.90. The Bertz CT molecular complexity index is 1640. The predicted octanol–water partition coefficient (Wildman–Crippen LogP) is 7.01. The van der Waals surface area contributed by atoms with E-state index in [1.807, 2.05) is 54.6 Å². The third-order valence-electron chi connectivity index (χ3n) is 5.68. The fourth-order valence-corrected chi connectivity index (χ4v) is 5.92. The summed E-state index contributed by atoms with van der Waals surface area (Å²) in [6.07, 6.45) is 1.61. The molecular formula is C27H18N4O2S2. The van der Waals surface area contributed by atoms with E-state index in [-0.39, 0.29) is 6.42 Å². The summed E-state index contributed by atoms with van der Waals surface area (Å²) >= 11 is 3.24. The number of thiophene rings is 1. The van der Waals surface area contributed by atoms with Gasteiger partial charge in [-0.25, -0.2) is 15.0 Å². The number of para-hydroxylation sites is 1. The summed E-state index contributed by atoms with van der Waals surface area (Å²) in [6.45, 7) is 0. The topological polar surface area (TPSA) is 88.0 Å². The minimum Gasteiger partial charge on any atom is -0.481 e. The van der Waals surface area contributed by atoms with Gasteiger partial charge >= 0.3 is 5.97 Å². The molecule has 0 saturated carbocycles. The van der Waals surface area contributed by atoms with Crippen molar-refractivity contribution in [2.75, 3.05) is 5.32 Å². The van der Waals surface area contributed by atoms with Gasteiger partial charge in [0.1, 0.15) is 6.33 Å². The van der Waals surface area contributed by atoms with E-state index in [1.165, 1.54) is 0 Å². The van der Waals surface area contributed by atoms with Gasteiger partial charge in [0.15, 0.2) is 5.13 Å². The number of anilines is 2. The number of carboxylic acid groups (broad SMARTS) is 1. The fourth-order valence-electron chi connectivity index (χ4n) is 4.00. The summed E-state index contributed by atoms with van der Waals surface area (Å²) in [5.74, 6) is -0.836. The second-order valence-electron chi connectivity index (χ2n) is 8.01. The van der Waals surface area contributed by atoms with Crippen molar-refractivity contribution >= 4 is 59.9 Å². The van der Waals surface area contributed by atoms with Crippen LogP contribution in [0, 0.1) is 0 Å². The number of nitrogens with one attached hydrogen (secondary N) is 1. The first-order valence-electron chi connectivity index (χ1n) is 10.9. The Hall–Kier alpha value is -4.14. The van der Waals surface area contributed by atoms with Gasteiger partial charge in [0, 0.05) is 22.2 Å². The second-order valence-corrected chi connectivity index (χ2v) is 9.92. The molecule has 0 amide bonds. The van der Waals surface area contributed by atoms with Crippen LogP contribution in [0.1, 0.15) is 5.56 Å². The van der Waals surface area contributed by atoms with Crippen molar-refractivity contribution in [1.29, 1.82) is 0 Å². The highest BCUT2D eigenvalue weighted by Gasteiger charge is 2.14. The molecule has 2 N–H and O–H groups in total. The molecule has 0 fully saturated rings. The van der Waals surface area contributed by atoms with Crippen LogP contribution in [-0.2, 0) is 11.2 Å². The Morgan fingerprint density at radius 2 is 1.69 bits per heavy atom. The van der Waals surface area contributed by atoms with E-state index in [0.717, 1.165) is 59.2 Å². The van der Waals surface area contributed by atoms with Crippen molar-refractivity contribution in [2.45, 2.75) is 6.42 Å². The molecule has 6 nitrogen and oxygen atoms in total. The number of hydrogen-bond acceptors (Lipinski definition) is 7. The third kappa shape index (κ3) is 4.25. The molecule has 0 spiro atoms. The number of rotatable bonds is 6. The van der Waals surface area contributed by atoms with Crippen molar-refractivity contribution in [3.8, 4) is 22.4 Å². The molecule has 0 saturated heterocycles. The molecule has 0 atom stereocenters. The predicted molar refractivity (Wildman–Crippen MR) is 143 cm³/mol. The molecule has 6 rings (SSSR count). The van der Waals surface area contributed by atoms with E-state index in [1.54, 1.807) is 29.0 Å². The zero-order valence-electron chi connectivity index (χ0n) is 18.3. The Labute approximate surface area is 208 Å². The molecule has 0 unspecified atom stereocenters.